The Labute approximate surface area is 86.7 Å². The minimum absolute atomic E-state index is 0.281. The lowest BCUT2D eigenvalue weighted by molar-refractivity contribution is 0.547. The summed E-state index contributed by atoms with van der Waals surface area (Å²) in [6.07, 6.45) is 7.05. The summed E-state index contributed by atoms with van der Waals surface area (Å²) < 4.78 is 0. The summed E-state index contributed by atoms with van der Waals surface area (Å²) in [6.45, 7) is 6.68. The van der Waals surface area contributed by atoms with Gasteiger partial charge in [-0.15, -0.1) is 0 Å². The van der Waals surface area contributed by atoms with E-state index in [1.807, 2.05) is 0 Å². The third-order valence-corrected chi connectivity index (χ3v) is 2.67. The number of allylic oxidation sites excluding steroid dienone is 1. The Hall–Kier alpha value is -1.04. The molecule has 0 radical (unpaired) electrons. The molecular formula is C14H18. The molecule has 0 heteroatoms. The minimum Gasteiger partial charge on any atom is -0.0785 e. The molecule has 1 aliphatic carbocycles. The van der Waals surface area contributed by atoms with Gasteiger partial charge in [-0.3, -0.25) is 0 Å². The van der Waals surface area contributed by atoms with Crippen molar-refractivity contribution in [1.82, 2.24) is 0 Å². The lowest BCUT2D eigenvalue weighted by atomic mass is 9.87. The molecule has 0 aromatic heterocycles. The summed E-state index contributed by atoms with van der Waals surface area (Å²) in [7, 11) is 0. The Morgan fingerprint density at radius 2 is 1.79 bits per heavy atom. The van der Waals surface area contributed by atoms with E-state index in [9.17, 15) is 0 Å². The lowest BCUT2D eigenvalue weighted by Gasteiger charge is -2.19. The van der Waals surface area contributed by atoms with Crippen LogP contribution in [-0.2, 0) is 12.8 Å². The van der Waals surface area contributed by atoms with Crippen LogP contribution in [0.15, 0.2) is 24.3 Å². The molecule has 2 rings (SSSR count). The monoisotopic (exact) mass is 186 g/mol. The Kier molecular flexibility index (Phi) is 2.22. The van der Waals surface area contributed by atoms with Crippen molar-refractivity contribution in [3.05, 3.63) is 41.0 Å². The molecule has 0 aliphatic heterocycles. The summed E-state index contributed by atoms with van der Waals surface area (Å²) in [5, 5.41) is 0. The number of hydrogen-bond donors (Lipinski definition) is 0. The van der Waals surface area contributed by atoms with Gasteiger partial charge in [-0.2, -0.15) is 0 Å². The number of benzene rings is 1. The Balaban J connectivity index is 2.18. The first kappa shape index (κ1) is 9.51. The van der Waals surface area contributed by atoms with Gasteiger partial charge in [0.05, 0.1) is 0 Å². The van der Waals surface area contributed by atoms with E-state index in [2.05, 4.69) is 51.1 Å². The molecule has 0 saturated carbocycles. The third kappa shape index (κ3) is 2.06. The summed E-state index contributed by atoms with van der Waals surface area (Å²) in [4.78, 5) is 0. The Morgan fingerprint density at radius 1 is 1.07 bits per heavy atom. The Morgan fingerprint density at radius 3 is 2.29 bits per heavy atom. The maximum atomic E-state index is 2.32. The molecule has 1 aromatic rings. The highest BCUT2D eigenvalue weighted by Gasteiger charge is 2.12. The van der Waals surface area contributed by atoms with Crippen molar-refractivity contribution in [3.63, 3.8) is 0 Å². The van der Waals surface area contributed by atoms with Crippen molar-refractivity contribution in [2.45, 2.75) is 33.6 Å². The molecule has 0 amide bonds. The molecule has 14 heavy (non-hydrogen) atoms. The van der Waals surface area contributed by atoms with Crippen molar-refractivity contribution in [3.8, 4) is 0 Å². The molecule has 0 atom stereocenters. The van der Waals surface area contributed by atoms with Crippen LogP contribution in [0.4, 0.5) is 0 Å². The maximum absolute atomic E-state index is 2.32. The van der Waals surface area contributed by atoms with Gasteiger partial charge in [-0.05, 0) is 34.9 Å². The van der Waals surface area contributed by atoms with Crippen LogP contribution < -0.4 is 0 Å². The first-order chi connectivity index (χ1) is 6.54. The second-order valence-electron chi connectivity index (χ2n) is 5.23. The van der Waals surface area contributed by atoms with Crippen LogP contribution in [0.25, 0.3) is 6.08 Å². The maximum Gasteiger partial charge on any atom is -0.0200 e. The van der Waals surface area contributed by atoms with Crippen molar-refractivity contribution in [2.75, 3.05) is 0 Å². The summed E-state index contributed by atoms with van der Waals surface area (Å²) >= 11 is 0. The van der Waals surface area contributed by atoms with Crippen molar-refractivity contribution in [1.29, 1.82) is 0 Å². The molecule has 1 aromatic carbocycles. The van der Waals surface area contributed by atoms with Crippen molar-refractivity contribution >= 4 is 6.08 Å². The number of rotatable bonds is 1. The minimum atomic E-state index is 0.281. The molecule has 0 N–H and O–H groups in total. The van der Waals surface area contributed by atoms with E-state index in [0.717, 1.165) is 0 Å². The first-order valence-electron chi connectivity index (χ1n) is 5.36. The highest BCUT2D eigenvalue weighted by Crippen LogP contribution is 2.25. The van der Waals surface area contributed by atoms with Gasteiger partial charge in [-0.25, -0.2) is 0 Å². The summed E-state index contributed by atoms with van der Waals surface area (Å²) in [6, 6.07) is 6.81. The van der Waals surface area contributed by atoms with Gasteiger partial charge in [0.2, 0.25) is 0 Å². The van der Waals surface area contributed by atoms with Gasteiger partial charge < -0.3 is 0 Å². The largest absolute Gasteiger partial charge is 0.0785 e. The van der Waals surface area contributed by atoms with Crippen LogP contribution in [0, 0.1) is 5.41 Å². The lowest BCUT2D eigenvalue weighted by Crippen LogP contribution is -2.07. The quantitative estimate of drug-likeness (QED) is 0.625. The second kappa shape index (κ2) is 3.27. The molecule has 0 saturated heterocycles. The van der Waals surface area contributed by atoms with Crippen molar-refractivity contribution < 1.29 is 0 Å². The van der Waals surface area contributed by atoms with Crippen LogP contribution in [0.1, 0.15) is 37.5 Å². The smallest absolute Gasteiger partial charge is 0.0200 e. The van der Waals surface area contributed by atoms with Gasteiger partial charge >= 0.3 is 0 Å². The summed E-state index contributed by atoms with van der Waals surface area (Å²) in [5.41, 5.74) is 4.71. The standard InChI is InChI=1S/C14H18/c1-14(2,3)9-8-11-4-5-12-6-7-13(12)10-11/h4-5,8-10H,6-7H2,1-3H3/b9-8+. The molecule has 0 unspecified atom stereocenters. The van der Waals surface area contributed by atoms with Crippen LogP contribution in [0.3, 0.4) is 0 Å². The van der Waals surface area contributed by atoms with E-state index >= 15 is 0 Å². The van der Waals surface area contributed by atoms with E-state index in [4.69, 9.17) is 0 Å². The van der Waals surface area contributed by atoms with Gasteiger partial charge in [0.1, 0.15) is 0 Å². The highest BCUT2D eigenvalue weighted by atomic mass is 14.2. The number of fused-ring (bicyclic) bond motifs is 1. The predicted molar refractivity (Wildman–Crippen MR) is 62.3 cm³/mol. The summed E-state index contributed by atoms with van der Waals surface area (Å²) in [5.74, 6) is 0. The zero-order valence-corrected chi connectivity index (χ0v) is 9.30. The number of hydrogen-bond acceptors (Lipinski definition) is 0. The van der Waals surface area contributed by atoms with Gasteiger partial charge in [0.25, 0.3) is 0 Å². The third-order valence-electron chi connectivity index (χ3n) is 2.67. The molecule has 0 fully saturated rings. The van der Waals surface area contributed by atoms with Crippen LogP contribution in [0.5, 0.6) is 0 Å². The molecular weight excluding hydrogens is 168 g/mol. The molecule has 0 spiro atoms. The zero-order valence-electron chi connectivity index (χ0n) is 9.30. The fourth-order valence-electron chi connectivity index (χ4n) is 1.66. The van der Waals surface area contributed by atoms with Gasteiger partial charge in [-0.1, -0.05) is 51.1 Å². The molecule has 74 valence electrons. The molecule has 0 heterocycles. The van der Waals surface area contributed by atoms with E-state index < -0.39 is 0 Å². The van der Waals surface area contributed by atoms with Crippen LogP contribution >= 0.6 is 0 Å². The average Bonchev–Trinajstić information content (AvgIpc) is 2.03. The van der Waals surface area contributed by atoms with Gasteiger partial charge in [0.15, 0.2) is 0 Å². The number of aryl methyl sites for hydroxylation is 2. The van der Waals surface area contributed by atoms with E-state index in [0.29, 0.717) is 0 Å². The zero-order chi connectivity index (χ0) is 10.2. The van der Waals surface area contributed by atoms with E-state index in [-0.39, 0.29) is 5.41 Å². The second-order valence-corrected chi connectivity index (χ2v) is 5.23. The molecule has 0 bridgehead atoms. The SMILES string of the molecule is CC(C)(C)/C=C/c1ccc2c(c1)CC2. The topological polar surface area (TPSA) is 0 Å². The fourth-order valence-corrected chi connectivity index (χ4v) is 1.66. The van der Waals surface area contributed by atoms with E-state index in [1.54, 1.807) is 5.56 Å². The van der Waals surface area contributed by atoms with E-state index in [1.165, 1.54) is 24.0 Å². The van der Waals surface area contributed by atoms with Crippen molar-refractivity contribution in [2.24, 2.45) is 5.41 Å². The van der Waals surface area contributed by atoms with Crippen LogP contribution in [-0.4, -0.2) is 0 Å². The Bertz CT molecular complexity index is 364. The van der Waals surface area contributed by atoms with Crippen LogP contribution in [0.2, 0.25) is 0 Å². The van der Waals surface area contributed by atoms with Gasteiger partial charge in [0, 0.05) is 0 Å². The normalized spacial score (nSPS) is 15.4. The fraction of sp³-hybridized carbons (Fsp3) is 0.429. The highest BCUT2D eigenvalue weighted by molar-refractivity contribution is 5.54. The average molecular weight is 186 g/mol. The predicted octanol–water partition coefficient (Wildman–Crippen LogP) is 3.84. The molecule has 0 nitrogen and oxygen atoms in total. The first-order valence-corrected chi connectivity index (χ1v) is 5.36. The molecule has 1 aliphatic rings.